The van der Waals surface area contributed by atoms with Crippen LogP contribution in [0.1, 0.15) is 20.7 Å². The van der Waals surface area contributed by atoms with Crippen LogP contribution in [-0.4, -0.2) is 11.8 Å². The van der Waals surface area contributed by atoms with Crippen molar-refractivity contribution < 1.29 is 9.59 Å². The average molecular weight is 273 g/mol. The van der Waals surface area contributed by atoms with Gasteiger partial charge in [0.05, 0.1) is 11.1 Å². The summed E-state index contributed by atoms with van der Waals surface area (Å²) in [5.74, 6) is -0.641. The Morgan fingerprint density at radius 1 is 0.714 bits per heavy atom. The number of carbonyl (C=O) groups is 2. The molecule has 3 aromatic carbocycles. The van der Waals surface area contributed by atoms with E-state index in [0.717, 1.165) is 21.9 Å². The van der Waals surface area contributed by atoms with Gasteiger partial charge < -0.3 is 0 Å². The maximum absolute atomic E-state index is 12.2. The molecule has 3 nitrogen and oxygen atoms in total. The third kappa shape index (κ3) is 1.68. The smallest absolute Gasteiger partial charge is 0.259 e. The summed E-state index contributed by atoms with van der Waals surface area (Å²) in [6, 6.07) is 19.3. The number of rotatable bonds is 1. The van der Waals surface area contributed by atoms with Gasteiger partial charge in [-0.15, -0.1) is 0 Å². The maximum Gasteiger partial charge on any atom is 0.259 e. The van der Waals surface area contributed by atoms with Gasteiger partial charge in [0.15, 0.2) is 0 Å². The van der Waals surface area contributed by atoms with Crippen molar-refractivity contribution >= 4 is 22.6 Å². The third-order valence-electron chi connectivity index (χ3n) is 3.81. The molecule has 0 saturated carbocycles. The zero-order valence-corrected chi connectivity index (χ0v) is 11.1. The summed E-state index contributed by atoms with van der Waals surface area (Å²) in [4.78, 5) is 24.2. The first-order valence-corrected chi connectivity index (χ1v) is 6.72. The van der Waals surface area contributed by atoms with Gasteiger partial charge in [0.1, 0.15) is 0 Å². The predicted molar refractivity (Wildman–Crippen MR) is 81.2 cm³/mol. The van der Waals surface area contributed by atoms with Gasteiger partial charge in [0, 0.05) is 5.56 Å². The number of amides is 2. The second kappa shape index (κ2) is 4.28. The molecule has 0 aromatic heterocycles. The molecule has 3 aromatic rings. The average Bonchev–Trinajstić information content (AvgIpc) is 2.80. The lowest BCUT2D eigenvalue weighted by Gasteiger charge is -2.11. The normalized spacial score (nSPS) is 13.3. The van der Waals surface area contributed by atoms with Crippen LogP contribution >= 0.6 is 0 Å². The van der Waals surface area contributed by atoms with Crippen molar-refractivity contribution in [1.29, 1.82) is 0 Å². The van der Waals surface area contributed by atoms with Crippen LogP contribution in [0.5, 0.6) is 0 Å². The summed E-state index contributed by atoms with van der Waals surface area (Å²) in [6.45, 7) is 0. The number of hydrogen-bond acceptors (Lipinski definition) is 2. The van der Waals surface area contributed by atoms with E-state index in [1.54, 1.807) is 6.07 Å². The zero-order chi connectivity index (χ0) is 14.4. The number of fused-ring (bicyclic) bond motifs is 2. The molecule has 0 aliphatic carbocycles. The van der Waals surface area contributed by atoms with E-state index in [1.165, 1.54) is 0 Å². The topological polar surface area (TPSA) is 46.2 Å². The molecule has 1 aliphatic rings. The van der Waals surface area contributed by atoms with Crippen LogP contribution in [0, 0.1) is 0 Å². The fourth-order valence-electron chi connectivity index (χ4n) is 2.90. The first kappa shape index (κ1) is 11.9. The lowest BCUT2D eigenvalue weighted by molar-refractivity contribution is 0.0880. The number of hydrogen-bond donors (Lipinski definition) is 1. The van der Waals surface area contributed by atoms with E-state index < -0.39 is 0 Å². The van der Waals surface area contributed by atoms with Crippen LogP contribution in [0.2, 0.25) is 0 Å². The van der Waals surface area contributed by atoms with Gasteiger partial charge in [0.2, 0.25) is 0 Å². The van der Waals surface area contributed by atoms with Gasteiger partial charge in [-0.25, -0.2) is 0 Å². The first-order valence-electron chi connectivity index (χ1n) is 6.72. The highest BCUT2D eigenvalue weighted by Gasteiger charge is 2.31. The number of benzene rings is 3. The summed E-state index contributed by atoms with van der Waals surface area (Å²) in [7, 11) is 0. The predicted octanol–water partition coefficient (Wildman–Crippen LogP) is 3.39. The number of carbonyl (C=O) groups excluding carboxylic acids is 2. The van der Waals surface area contributed by atoms with Crippen LogP contribution in [-0.2, 0) is 0 Å². The quantitative estimate of drug-likeness (QED) is 0.691. The molecule has 2 amide bonds. The van der Waals surface area contributed by atoms with E-state index >= 15 is 0 Å². The monoisotopic (exact) mass is 273 g/mol. The van der Waals surface area contributed by atoms with Crippen LogP contribution in [0.3, 0.4) is 0 Å². The van der Waals surface area contributed by atoms with Crippen molar-refractivity contribution in [3.63, 3.8) is 0 Å². The summed E-state index contributed by atoms with van der Waals surface area (Å²) in [5, 5.41) is 4.33. The van der Waals surface area contributed by atoms with E-state index in [9.17, 15) is 9.59 Å². The lowest BCUT2D eigenvalue weighted by atomic mass is 9.90. The molecule has 4 rings (SSSR count). The largest absolute Gasteiger partial charge is 0.288 e. The molecular formula is C18H11NO2. The fraction of sp³-hybridized carbons (Fsp3) is 0. The minimum Gasteiger partial charge on any atom is -0.288 e. The Bertz CT molecular complexity index is 898. The molecule has 0 fully saturated rings. The van der Waals surface area contributed by atoms with Gasteiger partial charge >= 0.3 is 0 Å². The molecule has 3 heteroatoms. The van der Waals surface area contributed by atoms with E-state index in [-0.39, 0.29) is 11.8 Å². The van der Waals surface area contributed by atoms with Gasteiger partial charge in [0.25, 0.3) is 11.8 Å². The zero-order valence-electron chi connectivity index (χ0n) is 11.1. The summed E-state index contributed by atoms with van der Waals surface area (Å²) in [6.07, 6.45) is 0. The highest BCUT2D eigenvalue weighted by molar-refractivity contribution is 6.27. The van der Waals surface area contributed by atoms with E-state index in [1.807, 2.05) is 54.6 Å². The van der Waals surface area contributed by atoms with Crippen molar-refractivity contribution in [2.75, 3.05) is 0 Å². The molecule has 1 N–H and O–H groups in total. The summed E-state index contributed by atoms with van der Waals surface area (Å²) < 4.78 is 0. The van der Waals surface area contributed by atoms with E-state index in [0.29, 0.717) is 11.1 Å². The summed E-state index contributed by atoms with van der Waals surface area (Å²) in [5.41, 5.74) is 2.70. The molecule has 1 heterocycles. The van der Waals surface area contributed by atoms with Gasteiger partial charge in [-0.05, 0) is 22.4 Å². The first-order chi connectivity index (χ1) is 10.3. The molecule has 0 atom stereocenters. The van der Waals surface area contributed by atoms with Crippen LogP contribution in [0.15, 0.2) is 60.7 Å². The third-order valence-corrected chi connectivity index (χ3v) is 3.81. The Balaban J connectivity index is 2.20. The molecule has 0 spiro atoms. The highest BCUT2D eigenvalue weighted by atomic mass is 16.2. The molecule has 0 radical (unpaired) electrons. The number of imide groups is 1. The Kier molecular flexibility index (Phi) is 2.42. The molecule has 100 valence electrons. The Hall–Kier alpha value is -2.94. The minimum atomic E-state index is -0.321. The van der Waals surface area contributed by atoms with Crippen LogP contribution in [0.25, 0.3) is 21.9 Å². The van der Waals surface area contributed by atoms with Gasteiger partial charge in [-0.2, -0.15) is 0 Å². The Morgan fingerprint density at radius 3 is 2.24 bits per heavy atom. The molecule has 1 aliphatic heterocycles. The van der Waals surface area contributed by atoms with E-state index in [4.69, 9.17) is 0 Å². The maximum atomic E-state index is 12.2. The second-order valence-corrected chi connectivity index (χ2v) is 5.04. The highest BCUT2D eigenvalue weighted by Crippen LogP contribution is 2.36. The van der Waals surface area contributed by atoms with Crippen molar-refractivity contribution in [2.24, 2.45) is 0 Å². The van der Waals surface area contributed by atoms with Gasteiger partial charge in [-0.1, -0.05) is 54.6 Å². The second-order valence-electron chi connectivity index (χ2n) is 5.04. The van der Waals surface area contributed by atoms with Crippen LogP contribution in [0.4, 0.5) is 0 Å². The van der Waals surface area contributed by atoms with Crippen molar-refractivity contribution in [2.45, 2.75) is 0 Å². The fourth-order valence-corrected chi connectivity index (χ4v) is 2.90. The molecule has 0 bridgehead atoms. The molecular weight excluding hydrogens is 262 g/mol. The number of nitrogens with one attached hydrogen (secondary N) is 1. The van der Waals surface area contributed by atoms with Crippen LogP contribution < -0.4 is 5.32 Å². The van der Waals surface area contributed by atoms with Gasteiger partial charge in [-0.3, -0.25) is 14.9 Å². The minimum absolute atomic E-state index is 0.320. The molecule has 0 unspecified atom stereocenters. The van der Waals surface area contributed by atoms with Crippen molar-refractivity contribution in [1.82, 2.24) is 5.32 Å². The van der Waals surface area contributed by atoms with E-state index in [2.05, 4.69) is 5.32 Å². The van der Waals surface area contributed by atoms with Crippen molar-refractivity contribution in [3.05, 3.63) is 71.8 Å². The van der Waals surface area contributed by atoms with Crippen molar-refractivity contribution in [3.8, 4) is 11.1 Å². The SMILES string of the molecule is O=C1NC(=O)c2c1cc1ccccc1c2-c1ccccc1. The molecule has 0 saturated heterocycles. The Labute approximate surface area is 121 Å². The standard InChI is InChI=1S/C18H11NO2/c20-17-14-10-12-8-4-5-9-13(12)15(16(14)18(21)19-17)11-6-2-1-3-7-11/h1-10H,(H,19,20,21). The lowest BCUT2D eigenvalue weighted by Crippen LogP contribution is -2.20. The molecule has 21 heavy (non-hydrogen) atoms. The Morgan fingerprint density at radius 2 is 1.43 bits per heavy atom. The summed E-state index contributed by atoms with van der Waals surface area (Å²) >= 11 is 0.